The molecule has 0 aromatic heterocycles. The van der Waals surface area contributed by atoms with E-state index in [0.717, 1.165) is 6.42 Å². The quantitative estimate of drug-likeness (QED) is 0.386. The molecule has 7 rings (SSSR count). The number of benzene rings is 3. The van der Waals surface area contributed by atoms with Crippen LogP contribution >= 0.6 is 23.2 Å². The van der Waals surface area contributed by atoms with E-state index in [9.17, 15) is 9.59 Å². The normalized spacial score (nSPS) is 25.6. The van der Waals surface area contributed by atoms with Crippen molar-refractivity contribution in [3.63, 3.8) is 0 Å². The monoisotopic (exact) mass is 475 g/mol. The summed E-state index contributed by atoms with van der Waals surface area (Å²) in [6.07, 6.45) is 1.05. The van der Waals surface area contributed by atoms with Gasteiger partial charge in [0.15, 0.2) is 0 Å². The van der Waals surface area contributed by atoms with Crippen molar-refractivity contribution in [3.8, 4) is 0 Å². The molecule has 3 aromatic carbocycles. The van der Waals surface area contributed by atoms with Crippen LogP contribution in [0.1, 0.15) is 65.8 Å². The van der Waals surface area contributed by atoms with Gasteiger partial charge in [0.25, 0.3) is 0 Å². The van der Waals surface area contributed by atoms with Crippen LogP contribution in [0.3, 0.4) is 0 Å². The van der Waals surface area contributed by atoms with Gasteiger partial charge in [-0.15, -0.1) is 0 Å². The van der Waals surface area contributed by atoms with Crippen molar-refractivity contribution in [1.29, 1.82) is 0 Å². The van der Waals surface area contributed by atoms with E-state index >= 15 is 0 Å². The summed E-state index contributed by atoms with van der Waals surface area (Å²) in [7, 11) is 0. The van der Waals surface area contributed by atoms with E-state index in [4.69, 9.17) is 23.2 Å². The first kappa shape index (κ1) is 20.9. The van der Waals surface area contributed by atoms with Gasteiger partial charge < -0.3 is 0 Å². The smallest absolute Gasteiger partial charge is 0.238 e. The Labute approximate surface area is 203 Å². The molecular formula is C28H23Cl2NO2. The summed E-state index contributed by atoms with van der Waals surface area (Å²) >= 11 is 12.3. The second kappa shape index (κ2) is 7.44. The molecule has 5 heteroatoms. The van der Waals surface area contributed by atoms with Gasteiger partial charge in [-0.2, -0.15) is 0 Å². The molecule has 1 aliphatic heterocycles. The highest BCUT2D eigenvalue weighted by Crippen LogP contribution is 2.61. The molecule has 1 fully saturated rings. The maximum absolute atomic E-state index is 13.9. The minimum atomic E-state index is -0.411. The lowest BCUT2D eigenvalue weighted by atomic mass is 9.54. The summed E-state index contributed by atoms with van der Waals surface area (Å²) in [6, 6.07) is 19.9. The Morgan fingerprint density at radius 1 is 0.788 bits per heavy atom. The highest BCUT2D eigenvalue weighted by Gasteiger charge is 2.61. The largest absolute Gasteiger partial charge is 0.274 e. The number of carbonyl (C=O) groups is 2. The molecular weight excluding hydrogens is 453 g/mol. The fraction of sp³-hybridized carbons (Fsp3) is 0.286. The molecule has 0 N–H and O–H groups in total. The van der Waals surface area contributed by atoms with E-state index in [2.05, 4.69) is 44.2 Å². The topological polar surface area (TPSA) is 37.4 Å². The Bertz CT molecular complexity index is 1330. The Hall–Kier alpha value is -2.62. The third kappa shape index (κ3) is 2.82. The number of hydrogen-bond acceptors (Lipinski definition) is 2. The first-order valence-electron chi connectivity index (χ1n) is 11.5. The fourth-order valence-electron chi connectivity index (χ4n) is 6.17. The van der Waals surface area contributed by atoms with Gasteiger partial charge in [-0.25, -0.2) is 4.90 Å². The van der Waals surface area contributed by atoms with Gasteiger partial charge in [-0.3, -0.25) is 9.59 Å². The first-order valence-corrected chi connectivity index (χ1v) is 12.2. The van der Waals surface area contributed by atoms with Crippen LogP contribution in [0.4, 0.5) is 5.69 Å². The van der Waals surface area contributed by atoms with Gasteiger partial charge in [-0.05, 0) is 58.4 Å². The summed E-state index contributed by atoms with van der Waals surface area (Å²) in [5.74, 6) is -0.923. The Balaban J connectivity index is 1.54. The van der Waals surface area contributed by atoms with Crippen molar-refractivity contribution in [1.82, 2.24) is 0 Å². The number of hydrogen-bond donors (Lipinski definition) is 0. The molecule has 1 saturated heterocycles. The number of carbonyl (C=O) groups excluding carboxylic acids is 2. The number of halogens is 2. The SMILES string of the molecule is CC[C@H](C)c1ccc2c(c1)[C@@H]1c3ccccc3[C@@H]2[C@@H]2C(=O)N(c3ccc(Cl)c(Cl)c3)C(=O)[C@H]12. The number of imide groups is 1. The van der Waals surface area contributed by atoms with Crippen LogP contribution in [0, 0.1) is 11.8 Å². The van der Waals surface area contributed by atoms with Crippen LogP contribution in [-0.4, -0.2) is 11.8 Å². The highest BCUT2D eigenvalue weighted by atomic mass is 35.5. The van der Waals surface area contributed by atoms with Crippen molar-refractivity contribution in [3.05, 3.63) is 98.5 Å². The molecule has 0 radical (unpaired) electrons. The summed E-state index contributed by atoms with van der Waals surface area (Å²) in [5.41, 5.74) is 6.51. The third-order valence-electron chi connectivity index (χ3n) is 7.91. The highest BCUT2D eigenvalue weighted by molar-refractivity contribution is 6.42. The summed E-state index contributed by atoms with van der Waals surface area (Å²) in [4.78, 5) is 29.0. The summed E-state index contributed by atoms with van der Waals surface area (Å²) in [6.45, 7) is 4.42. The van der Waals surface area contributed by atoms with Gasteiger partial charge in [0.05, 0.1) is 27.6 Å². The molecule has 3 nitrogen and oxygen atoms in total. The van der Waals surface area contributed by atoms with E-state index in [1.165, 1.54) is 32.7 Å². The molecule has 3 aromatic rings. The molecule has 0 saturated carbocycles. The second-order valence-corrected chi connectivity index (χ2v) is 10.3. The zero-order valence-corrected chi connectivity index (χ0v) is 19.9. The predicted octanol–water partition coefficient (Wildman–Crippen LogP) is 6.90. The minimum Gasteiger partial charge on any atom is -0.274 e. The third-order valence-corrected chi connectivity index (χ3v) is 8.65. The number of amides is 2. The Morgan fingerprint density at radius 2 is 1.39 bits per heavy atom. The first-order chi connectivity index (χ1) is 15.9. The average molecular weight is 476 g/mol. The fourth-order valence-corrected chi connectivity index (χ4v) is 6.46. The second-order valence-electron chi connectivity index (χ2n) is 9.44. The van der Waals surface area contributed by atoms with E-state index in [1.807, 2.05) is 12.1 Å². The van der Waals surface area contributed by atoms with Gasteiger partial charge in [0.2, 0.25) is 11.8 Å². The van der Waals surface area contributed by atoms with Crippen LogP contribution in [0.2, 0.25) is 10.0 Å². The molecule has 2 bridgehead atoms. The van der Waals surface area contributed by atoms with E-state index < -0.39 is 11.8 Å². The molecule has 4 aliphatic rings. The van der Waals surface area contributed by atoms with Crippen LogP contribution in [-0.2, 0) is 9.59 Å². The lowest BCUT2D eigenvalue weighted by molar-refractivity contribution is -0.122. The van der Waals surface area contributed by atoms with Crippen LogP contribution in [0.5, 0.6) is 0 Å². The van der Waals surface area contributed by atoms with Gasteiger partial charge in [0.1, 0.15) is 0 Å². The molecule has 166 valence electrons. The average Bonchev–Trinajstić information content (AvgIpc) is 3.10. The van der Waals surface area contributed by atoms with Crippen molar-refractivity contribution < 1.29 is 9.59 Å². The van der Waals surface area contributed by atoms with Crippen molar-refractivity contribution >= 4 is 40.7 Å². The predicted molar refractivity (Wildman–Crippen MR) is 131 cm³/mol. The lowest BCUT2D eigenvalue weighted by Gasteiger charge is -2.46. The molecule has 3 aliphatic carbocycles. The van der Waals surface area contributed by atoms with Gasteiger partial charge >= 0.3 is 0 Å². The number of anilines is 1. The number of nitrogens with zero attached hydrogens (tertiary/aromatic N) is 1. The van der Waals surface area contributed by atoms with Crippen molar-refractivity contribution in [2.75, 3.05) is 4.90 Å². The standard InChI is InChI=1S/C28H23Cl2NO2/c1-3-14(2)15-8-10-19-20(12-15)24-18-7-5-4-6-17(18)23(19)25-26(24)28(33)31(27(25)32)16-9-11-21(29)22(30)13-16/h4-14,23-26H,3H2,1-2H3/t14-,23-,24-,25-,26+/m0/s1. The Morgan fingerprint density at radius 3 is 2.00 bits per heavy atom. The number of rotatable bonds is 3. The molecule has 1 heterocycles. The molecule has 0 unspecified atom stereocenters. The zero-order valence-electron chi connectivity index (χ0n) is 18.4. The maximum atomic E-state index is 13.9. The maximum Gasteiger partial charge on any atom is 0.238 e. The van der Waals surface area contributed by atoms with Crippen LogP contribution in [0.15, 0.2) is 60.7 Å². The van der Waals surface area contributed by atoms with Crippen LogP contribution < -0.4 is 4.90 Å². The zero-order chi connectivity index (χ0) is 23.0. The summed E-state index contributed by atoms with van der Waals surface area (Å²) in [5, 5.41) is 0.728. The lowest BCUT2D eigenvalue weighted by Crippen LogP contribution is -2.41. The van der Waals surface area contributed by atoms with E-state index in [0.29, 0.717) is 21.7 Å². The van der Waals surface area contributed by atoms with Gasteiger partial charge in [-0.1, -0.05) is 79.5 Å². The van der Waals surface area contributed by atoms with E-state index in [1.54, 1.807) is 18.2 Å². The minimum absolute atomic E-state index is 0.124. The van der Waals surface area contributed by atoms with Crippen molar-refractivity contribution in [2.45, 2.75) is 38.0 Å². The Kier molecular flexibility index (Phi) is 4.73. The van der Waals surface area contributed by atoms with E-state index in [-0.39, 0.29) is 23.7 Å². The molecule has 5 atom stereocenters. The van der Waals surface area contributed by atoms with Crippen molar-refractivity contribution in [2.24, 2.45) is 11.8 Å². The molecule has 2 amide bonds. The molecule has 33 heavy (non-hydrogen) atoms. The molecule has 0 spiro atoms. The van der Waals surface area contributed by atoms with Crippen LogP contribution in [0.25, 0.3) is 0 Å². The van der Waals surface area contributed by atoms with Gasteiger partial charge in [0, 0.05) is 11.8 Å². The summed E-state index contributed by atoms with van der Waals surface area (Å²) < 4.78 is 0.